The number of aliphatic imine (C=N–C) groups is 1. The van der Waals surface area contributed by atoms with E-state index in [1.54, 1.807) is 0 Å². The van der Waals surface area contributed by atoms with Crippen LogP contribution in [0, 0.1) is 11.8 Å². The van der Waals surface area contributed by atoms with Crippen LogP contribution in [0.4, 0.5) is 0 Å². The first-order valence-electron chi connectivity index (χ1n) is 7.80. The van der Waals surface area contributed by atoms with E-state index in [9.17, 15) is 0 Å². The number of nitrogens with one attached hydrogen (secondary N) is 1. The van der Waals surface area contributed by atoms with E-state index in [2.05, 4.69) is 42.6 Å². The van der Waals surface area contributed by atoms with E-state index in [0.717, 1.165) is 29.3 Å². The number of nitrogens with zero attached hydrogens (tertiary/aromatic N) is 1. The lowest BCUT2D eigenvalue weighted by atomic mass is 9.83. The molecule has 0 bridgehead atoms. The second-order valence-corrected chi connectivity index (χ2v) is 7.20. The summed E-state index contributed by atoms with van der Waals surface area (Å²) in [6.07, 6.45) is 5.51. The molecule has 3 rings (SSSR count). The highest BCUT2D eigenvalue weighted by atomic mass is 32.2. The fourth-order valence-electron chi connectivity index (χ4n) is 3.07. The third-order valence-electron chi connectivity index (χ3n) is 4.51. The maximum Gasteiger partial charge on any atom is 0.157 e. The third-order valence-corrected chi connectivity index (χ3v) is 5.54. The fourth-order valence-corrected chi connectivity index (χ4v) is 4.07. The second kappa shape index (κ2) is 6.66. The minimum Gasteiger partial charge on any atom is -0.357 e. The van der Waals surface area contributed by atoms with Crippen molar-refractivity contribution in [3.8, 4) is 0 Å². The number of rotatable bonds is 3. The standard InChI is InChI=1S/C17H24N2S/c1-13-7-9-14(10-8-13)11-18-17-19-16(12-20-17)15-5-3-2-4-6-15/h2-6,13-14,16H,7-12H2,1H3,(H,18,19). The van der Waals surface area contributed by atoms with Gasteiger partial charge in [-0.15, -0.1) is 0 Å². The van der Waals surface area contributed by atoms with Crippen LogP contribution in [0.1, 0.15) is 44.2 Å². The molecule has 108 valence electrons. The molecule has 0 radical (unpaired) electrons. The van der Waals surface area contributed by atoms with Gasteiger partial charge in [-0.2, -0.15) is 0 Å². The highest BCUT2D eigenvalue weighted by Crippen LogP contribution is 2.30. The Balaban J connectivity index is 1.51. The van der Waals surface area contributed by atoms with Gasteiger partial charge in [-0.3, -0.25) is 4.99 Å². The van der Waals surface area contributed by atoms with Crippen molar-refractivity contribution >= 4 is 16.9 Å². The van der Waals surface area contributed by atoms with Crippen molar-refractivity contribution in [3.05, 3.63) is 35.9 Å². The number of thioether (sulfide) groups is 1. The molecule has 0 amide bonds. The van der Waals surface area contributed by atoms with E-state index in [4.69, 9.17) is 4.99 Å². The van der Waals surface area contributed by atoms with Crippen LogP contribution >= 0.6 is 11.8 Å². The molecule has 2 aliphatic rings. The maximum atomic E-state index is 4.82. The second-order valence-electron chi connectivity index (χ2n) is 6.19. The molecule has 1 heterocycles. The summed E-state index contributed by atoms with van der Waals surface area (Å²) in [4.78, 5) is 4.82. The van der Waals surface area contributed by atoms with Gasteiger partial charge in [0.05, 0.1) is 6.04 Å². The van der Waals surface area contributed by atoms with Gasteiger partial charge in [0.1, 0.15) is 0 Å². The first-order valence-corrected chi connectivity index (χ1v) is 8.78. The minimum atomic E-state index is 0.436. The summed E-state index contributed by atoms with van der Waals surface area (Å²) in [6.45, 7) is 3.39. The monoisotopic (exact) mass is 288 g/mol. The molecule has 2 fully saturated rings. The molecule has 1 N–H and O–H groups in total. The average Bonchev–Trinajstić information content (AvgIpc) is 2.97. The SMILES string of the molecule is CC1CCC(CN=C2NC(c3ccccc3)CS2)CC1. The predicted molar refractivity (Wildman–Crippen MR) is 88.2 cm³/mol. The summed E-state index contributed by atoms with van der Waals surface area (Å²) in [5, 5.41) is 4.72. The van der Waals surface area contributed by atoms with Gasteiger partial charge in [-0.1, -0.05) is 61.9 Å². The van der Waals surface area contributed by atoms with E-state index in [0.29, 0.717) is 6.04 Å². The number of amidine groups is 1. The lowest BCUT2D eigenvalue weighted by Crippen LogP contribution is -2.21. The van der Waals surface area contributed by atoms with Crippen molar-refractivity contribution in [2.75, 3.05) is 12.3 Å². The van der Waals surface area contributed by atoms with Crippen LogP contribution in [-0.4, -0.2) is 17.5 Å². The van der Waals surface area contributed by atoms with Crippen LogP contribution in [0.2, 0.25) is 0 Å². The fraction of sp³-hybridized carbons (Fsp3) is 0.588. The highest BCUT2D eigenvalue weighted by Gasteiger charge is 2.22. The molecule has 0 spiro atoms. The molecule has 1 saturated carbocycles. The molecule has 1 aliphatic carbocycles. The molecule has 2 nitrogen and oxygen atoms in total. The average molecular weight is 288 g/mol. The van der Waals surface area contributed by atoms with Crippen molar-refractivity contribution in [1.29, 1.82) is 0 Å². The number of hydrogen-bond acceptors (Lipinski definition) is 2. The van der Waals surface area contributed by atoms with Crippen molar-refractivity contribution in [1.82, 2.24) is 5.32 Å². The Kier molecular flexibility index (Phi) is 4.66. The van der Waals surface area contributed by atoms with Gasteiger partial charge in [-0.25, -0.2) is 0 Å². The molecular weight excluding hydrogens is 264 g/mol. The van der Waals surface area contributed by atoms with Crippen LogP contribution in [0.25, 0.3) is 0 Å². The molecule has 1 saturated heterocycles. The first kappa shape index (κ1) is 14.0. The largest absolute Gasteiger partial charge is 0.357 e. The Labute approximate surface area is 126 Å². The van der Waals surface area contributed by atoms with Gasteiger partial charge in [0.25, 0.3) is 0 Å². The van der Waals surface area contributed by atoms with Crippen LogP contribution in [0.15, 0.2) is 35.3 Å². The van der Waals surface area contributed by atoms with E-state index in [1.165, 1.54) is 31.2 Å². The normalized spacial score (nSPS) is 32.2. The van der Waals surface area contributed by atoms with Crippen LogP contribution < -0.4 is 5.32 Å². The van der Waals surface area contributed by atoms with E-state index >= 15 is 0 Å². The van der Waals surface area contributed by atoms with Gasteiger partial charge in [0.2, 0.25) is 0 Å². The molecule has 0 aromatic heterocycles. The summed E-state index contributed by atoms with van der Waals surface area (Å²) in [5.74, 6) is 2.85. The van der Waals surface area contributed by atoms with Gasteiger partial charge in [-0.05, 0) is 30.2 Å². The van der Waals surface area contributed by atoms with E-state index in [-0.39, 0.29) is 0 Å². The Bertz CT molecular complexity index is 449. The minimum absolute atomic E-state index is 0.436. The summed E-state index contributed by atoms with van der Waals surface area (Å²) in [6, 6.07) is 11.1. The van der Waals surface area contributed by atoms with Crippen molar-refractivity contribution in [2.24, 2.45) is 16.8 Å². The lowest BCUT2D eigenvalue weighted by molar-refractivity contribution is 0.296. The molecule has 1 aliphatic heterocycles. The summed E-state index contributed by atoms with van der Waals surface area (Å²) < 4.78 is 0. The zero-order valence-electron chi connectivity index (χ0n) is 12.2. The van der Waals surface area contributed by atoms with Crippen molar-refractivity contribution in [3.63, 3.8) is 0 Å². The molecular formula is C17H24N2S. The third kappa shape index (κ3) is 3.57. The Morgan fingerprint density at radius 3 is 2.65 bits per heavy atom. The summed E-state index contributed by atoms with van der Waals surface area (Å²) in [7, 11) is 0. The molecule has 20 heavy (non-hydrogen) atoms. The van der Waals surface area contributed by atoms with Crippen molar-refractivity contribution in [2.45, 2.75) is 38.6 Å². The van der Waals surface area contributed by atoms with Crippen LogP contribution in [0.5, 0.6) is 0 Å². The van der Waals surface area contributed by atoms with Crippen LogP contribution in [-0.2, 0) is 0 Å². The summed E-state index contributed by atoms with van der Waals surface area (Å²) >= 11 is 1.87. The van der Waals surface area contributed by atoms with E-state index in [1.807, 2.05) is 11.8 Å². The summed E-state index contributed by atoms with van der Waals surface area (Å²) in [5.41, 5.74) is 1.37. The molecule has 1 aromatic rings. The topological polar surface area (TPSA) is 24.4 Å². The smallest absolute Gasteiger partial charge is 0.157 e. The Morgan fingerprint density at radius 2 is 1.90 bits per heavy atom. The van der Waals surface area contributed by atoms with Gasteiger partial charge in [0.15, 0.2) is 5.17 Å². The maximum absolute atomic E-state index is 4.82. The lowest BCUT2D eigenvalue weighted by Gasteiger charge is -2.24. The van der Waals surface area contributed by atoms with Gasteiger partial charge >= 0.3 is 0 Å². The van der Waals surface area contributed by atoms with Crippen molar-refractivity contribution < 1.29 is 0 Å². The number of benzene rings is 1. The quantitative estimate of drug-likeness (QED) is 0.899. The Hall–Kier alpha value is -0.960. The zero-order chi connectivity index (χ0) is 13.8. The molecule has 1 aromatic carbocycles. The highest BCUT2D eigenvalue weighted by molar-refractivity contribution is 8.14. The Morgan fingerprint density at radius 1 is 1.15 bits per heavy atom. The molecule has 3 heteroatoms. The first-order chi connectivity index (χ1) is 9.81. The van der Waals surface area contributed by atoms with Gasteiger partial charge in [0, 0.05) is 12.3 Å². The van der Waals surface area contributed by atoms with Gasteiger partial charge < -0.3 is 5.32 Å². The zero-order valence-corrected chi connectivity index (χ0v) is 13.0. The van der Waals surface area contributed by atoms with E-state index < -0.39 is 0 Å². The molecule has 1 unspecified atom stereocenters. The predicted octanol–water partition coefficient (Wildman–Crippen LogP) is 4.25. The number of hydrogen-bond donors (Lipinski definition) is 1. The van der Waals surface area contributed by atoms with Crippen LogP contribution in [0.3, 0.4) is 0 Å². The molecule has 1 atom stereocenters.